The van der Waals surface area contributed by atoms with E-state index in [-0.39, 0.29) is 30.6 Å². The lowest BCUT2D eigenvalue weighted by Gasteiger charge is -2.37. The molecule has 0 bridgehead atoms. The van der Waals surface area contributed by atoms with Crippen molar-refractivity contribution in [2.45, 2.75) is 39.1 Å². The van der Waals surface area contributed by atoms with E-state index in [1.807, 2.05) is 49.1 Å². The molecule has 2 N–H and O–H groups in total. The van der Waals surface area contributed by atoms with Crippen LogP contribution < -0.4 is 20.3 Å². The number of urea groups is 1. The maximum Gasteiger partial charge on any atom is 0.315 e. The molecule has 2 aromatic carbocycles. The average molecular weight is 401 g/mol. The molecule has 0 saturated carbocycles. The Morgan fingerprint density at radius 3 is 2.52 bits per heavy atom. The van der Waals surface area contributed by atoms with Gasteiger partial charge >= 0.3 is 6.03 Å². The molecule has 1 fully saturated rings. The molecule has 0 radical (unpaired) electrons. The number of morpholine rings is 1. The summed E-state index contributed by atoms with van der Waals surface area (Å²) in [6.07, 6.45) is 0.123. The van der Waals surface area contributed by atoms with Crippen LogP contribution in [0.2, 0.25) is 0 Å². The van der Waals surface area contributed by atoms with E-state index in [1.54, 1.807) is 13.2 Å². The van der Waals surface area contributed by atoms with E-state index in [1.165, 1.54) is 6.07 Å². The Morgan fingerprint density at radius 1 is 1.14 bits per heavy atom. The normalized spacial score (nSPS) is 19.0. The number of carbonyl (C=O) groups is 1. The maximum atomic E-state index is 14.6. The fourth-order valence-corrected chi connectivity index (χ4v) is 3.56. The first-order chi connectivity index (χ1) is 14.0. The Labute approximate surface area is 171 Å². The Kier molecular flexibility index (Phi) is 6.93. The van der Waals surface area contributed by atoms with E-state index >= 15 is 0 Å². The predicted molar refractivity (Wildman–Crippen MR) is 111 cm³/mol. The highest BCUT2D eigenvalue weighted by atomic mass is 19.1. The van der Waals surface area contributed by atoms with Crippen LogP contribution in [0.1, 0.15) is 25.0 Å². The van der Waals surface area contributed by atoms with Crippen molar-refractivity contribution in [2.24, 2.45) is 0 Å². The lowest BCUT2D eigenvalue weighted by Crippen LogP contribution is -2.45. The van der Waals surface area contributed by atoms with E-state index in [9.17, 15) is 9.18 Å². The second kappa shape index (κ2) is 9.60. The predicted octanol–water partition coefficient (Wildman–Crippen LogP) is 3.45. The van der Waals surface area contributed by atoms with Crippen molar-refractivity contribution in [3.8, 4) is 5.75 Å². The highest BCUT2D eigenvalue weighted by molar-refractivity contribution is 5.74. The van der Waals surface area contributed by atoms with Gasteiger partial charge in [-0.1, -0.05) is 24.3 Å². The van der Waals surface area contributed by atoms with Crippen molar-refractivity contribution in [2.75, 3.05) is 25.1 Å². The highest BCUT2D eigenvalue weighted by Crippen LogP contribution is 2.24. The minimum Gasteiger partial charge on any atom is -0.496 e. The number of amides is 2. The Balaban J connectivity index is 1.53. The lowest BCUT2D eigenvalue weighted by molar-refractivity contribution is -0.00539. The number of benzene rings is 2. The summed E-state index contributed by atoms with van der Waals surface area (Å²) in [7, 11) is 1.59. The standard InChI is InChI=1S/C22H28FN3O3/c1-15-13-26(14-16(2)29-15)20-9-8-17(10-19(20)23)11-24-22(27)25-12-18-6-4-5-7-21(18)28-3/h4-10,15-16H,11-14H2,1-3H3,(H2,24,25,27). The summed E-state index contributed by atoms with van der Waals surface area (Å²) in [5.41, 5.74) is 2.15. The van der Waals surface area contributed by atoms with Crippen molar-refractivity contribution >= 4 is 11.7 Å². The van der Waals surface area contributed by atoms with Gasteiger partial charge in [0.05, 0.1) is 25.0 Å². The molecule has 2 aromatic rings. The van der Waals surface area contributed by atoms with E-state index in [2.05, 4.69) is 10.6 Å². The second-order valence-corrected chi connectivity index (χ2v) is 7.30. The number of anilines is 1. The van der Waals surface area contributed by atoms with Crippen LogP contribution in [0.4, 0.5) is 14.9 Å². The molecule has 1 aliphatic rings. The zero-order chi connectivity index (χ0) is 20.8. The number of hydrogen-bond acceptors (Lipinski definition) is 4. The molecule has 0 aliphatic carbocycles. The number of hydrogen-bond donors (Lipinski definition) is 2. The van der Waals surface area contributed by atoms with Gasteiger partial charge in [-0.25, -0.2) is 9.18 Å². The van der Waals surface area contributed by atoms with Gasteiger partial charge in [-0.3, -0.25) is 0 Å². The fraction of sp³-hybridized carbons (Fsp3) is 0.409. The second-order valence-electron chi connectivity index (χ2n) is 7.30. The van der Waals surface area contributed by atoms with Gasteiger partial charge in [0.25, 0.3) is 0 Å². The third-order valence-electron chi connectivity index (χ3n) is 4.86. The summed E-state index contributed by atoms with van der Waals surface area (Å²) in [4.78, 5) is 14.1. The highest BCUT2D eigenvalue weighted by Gasteiger charge is 2.24. The summed E-state index contributed by atoms with van der Waals surface area (Å²) in [5, 5.41) is 5.54. The van der Waals surface area contributed by atoms with Crippen LogP contribution in [0.15, 0.2) is 42.5 Å². The largest absolute Gasteiger partial charge is 0.496 e. The lowest BCUT2D eigenvalue weighted by atomic mass is 10.1. The first kappa shape index (κ1) is 20.9. The summed E-state index contributed by atoms with van der Waals surface area (Å²) < 4.78 is 25.6. The van der Waals surface area contributed by atoms with Gasteiger partial charge in [0, 0.05) is 31.7 Å². The number of carbonyl (C=O) groups excluding carboxylic acids is 1. The third-order valence-corrected chi connectivity index (χ3v) is 4.86. The van der Waals surface area contributed by atoms with Gasteiger partial charge in [0.1, 0.15) is 11.6 Å². The molecule has 0 spiro atoms. The molecule has 7 heteroatoms. The van der Waals surface area contributed by atoms with Gasteiger partial charge < -0.3 is 25.0 Å². The molecule has 2 unspecified atom stereocenters. The molecule has 1 aliphatic heterocycles. The van der Waals surface area contributed by atoms with E-state index in [0.717, 1.165) is 11.3 Å². The molecule has 156 valence electrons. The van der Waals surface area contributed by atoms with Crippen molar-refractivity contribution in [3.63, 3.8) is 0 Å². The van der Waals surface area contributed by atoms with E-state index in [0.29, 0.717) is 30.9 Å². The number of para-hydroxylation sites is 1. The van der Waals surface area contributed by atoms with Crippen molar-refractivity contribution in [1.82, 2.24) is 10.6 Å². The van der Waals surface area contributed by atoms with Crippen LogP contribution in [0, 0.1) is 5.82 Å². The zero-order valence-electron chi connectivity index (χ0n) is 17.1. The Bertz CT molecular complexity index is 836. The summed E-state index contributed by atoms with van der Waals surface area (Å²) >= 11 is 0. The van der Waals surface area contributed by atoms with Crippen molar-refractivity contribution in [3.05, 3.63) is 59.4 Å². The molecule has 6 nitrogen and oxygen atoms in total. The molecular weight excluding hydrogens is 373 g/mol. The maximum absolute atomic E-state index is 14.6. The SMILES string of the molecule is COc1ccccc1CNC(=O)NCc1ccc(N2CC(C)OC(C)C2)c(F)c1. The first-order valence-electron chi connectivity index (χ1n) is 9.78. The molecular formula is C22H28FN3O3. The minimum atomic E-state index is -0.323. The van der Waals surface area contributed by atoms with Gasteiger partial charge in [-0.15, -0.1) is 0 Å². The average Bonchev–Trinajstić information content (AvgIpc) is 2.70. The number of nitrogens with one attached hydrogen (secondary N) is 2. The third kappa shape index (κ3) is 5.60. The van der Waals surface area contributed by atoms with Crippen LogP contribution in [0.5, 0.6) is 5.75 Å². The number of rotatable bonds is 6. The zero-order valence-corrected chi connectivity index (χ0v) is 17.1. The van der Waals surface area contributed by atoms with E-state index < -0.39 is 0 Å². The topological polar surface area (TPSA) is 62.8 Å². The number of nitrogens with zero attached hydrogens (tertiary/aromatic N) is 1. The van der Waals surface area contributed by atoms with Crippen molar-refractivity contribution < 1.29 is 18.7 Å². The monoisotopic (exact) mass is 401 g/mol. The molecule has 2 amide bonds. The Morgan fingerprint density at radius 2 is 1.83 bits per heavy atom. The van der Waals surface area contributed by atoms with E-state index in [4.69, 9.17) is 9.47 Å². The Hall–Kier alpha value is -2.80. The van der Waals surface area contributed by atoms with Crippen LogP contribution in [0.25, 0.3) is 0 Å². The minimum absolute atomic E-state index is 0.0615. The summed E-state index contributed by atoms with van der Waals surface area (Å²) in [6.45, 7) is 5.88. The van der Waals surface area contributed by atoms with Crippen molar-refractivity contribution in [1.29, 1.82) is 0 Å². The van der Waals surface area contributed by atoms with Gasteiger partial charge in [-0.2, -0.15) is 0 Å². The smallest absolute Gasteiger partial charge is 0.315 e. The van der Waals surface area contributed by atoms with Crippen LogP contribution in [-0.2, 0) is 17.8 Å². The van der Waals surface area contributed by atoms with Crippen LogP contribution in [0.3, 0.4) is 0 Å². The fourth-order valence-electron chi connectivity index (χ4n) is 3.56. The first-order valence-corrected chi connectivity index (χ1v) is 9.78. The molecule has 29 heavy (non-hydrogen) atoms. The van der Waals surface area contributed by atoms with Crippen LogP contribution in [-0.4, -0.2) is 38.4 Å². The summed E-state index contributed by atoms with van der Waals surface area (Å²) in [5.74, 6) is 0.428. The molecule has 0 aromatic heterocycles. The molecule has 2 atom stereocenters. The molecule has 1 heterocycles. The quantitative estimate of drug-likeness (QED) is 0.778. The molecule has 1 saturated heterocycles. The van der Waals surface area contributed by atoms with Gasteiger partial charge in [-0.05, 0) is 37.6 Å². The molecule has 3 rings (SSSR count). The van der Waals surface area contributed by atoms with Crippen LogP contribution >= 0.6 is 0 Å². The number of methoxy groups -OCH3 is 1. The number of ether oxygens (including phenoxy) is 2. The van der Waals surface area contributed by atoms with Gasteiger partial charge in [0.15, 0.2) is 0 Å². The number of halogens is 1. The van der Waals surface area contributed by atoms with Gasteiger partial charge in [0.2, 0.25) is 0 Å². The summed E-state index contributed by atoms with van der Waals surface area (Å²) in [6, 6.07) is 12.2.